The van der Waals surface area contributed by atoms with Gasteiger partial charge >= 0.3 is 0 Å². The van der Waals surface area contributed by atoms with Crippen molar-refractivity contribution in [3.05, 3.63) is 63.2 Å². The summed E-state index contributed by atoms with van der Waals surface area (Å²) in [6, 6.07) is 7.83. The van der Waals surface area contributed by atoms with Crippen molar-refractivity contribution < 1.29 is 13.2 Å². The van der Waals surface area contributed by atoms with Gasteiger partial charge in [-0.25, -0.2) is 8.42 Å². The number of nitrogens with zero attached hydrogens (tertiary/aromatic N) is 2. The third-order valence-electron chi connectivity index (χ3n) is 6.03. The van der Waals surface area contributed by atoms with Gasteiger partial charge in [0.05, 0.1) is 4.90 Å². The molecule has 1 amide bonds. The number of hydrogen-bond acceptors (Lipinski definition) is 3. The highest BCUT2D eigenvalue weighted by atomic mass is 32.2. The highest BCUT2D eigenvalue weighted by molar-refractivity contribution is 7.89. The fourth-order valence-electron chi connectivity index (χ4n) is 4.05. The Labute approximate surface area is 174 Å². The van der Waals surface area contributed by atoms with Crippen LogP contribution in [0.4, 0.5) is 0 Å². The van der Waals surface area contributed by atoms with Crippen molar-refractivity contribution >= 4 is 15.9 Å². The van der Waals surface area contributed by atoms with Gasteiger partial charge < -0.3 is 4.90 Å². The molecule has 1 saturated heterocycles. The molecule has 156 valence electrons. The van der Waals surface area contributed by atoms with E-state index in [1.807, 2.05) is 65.8 Å². The molecule has 0 saturated carbocycles. The normalized spacial score (nSPS) is 15.6. The zero-order valence-electron chi connectivity index (χ0n) is 18.2. The second kappa shape index (κ2) is 7.92. The number of carbonyl (C=O) groups excluding carboxylic acids is 1. The van der Waals surface area contributed by atoms with Gasteiger partial charge in [-0.05, 0) is 75.4 Å². The maximum Gasteiger partial charge on any atom is 0.254 e. The van der Waals surface area contributed by atoms with E-state index in [0.29, 0.717) is 36.6 Å². The summed E-state index contributed by atoms with van der Waals surface area (Å²) in [5.74, 6) is -0.0293. The minimum Gasteiger partial charge on any atom is -0.336 e. The first kappa shape index (κ1) is 21.5. The molecular formula is C23H30N2O3S. The minimum atomic E-state index is -3.60. The number of hydrogen-bond donors (Lipinski definition) is 0. The van der Waals surface area contributed by atoms with Crippen molar-refractivity contribution in [3.63, 3.8) is 0 Å². The van der Waals surface area contributed by atoms with E-state index in [1.165, 1.54) is 4.31 Å². The zero-order valence-corrected chi connectivity index (χ0v) is 19.0. The largest absolute Gasteiger partial charge is 0.336 e. The SMILES string of the molecule is Cc1ccc(C(=O)N2CCN(S(=O)(=O)c3c(C)c(C)cc(C)c3C)CC2)c(C)c1. The molecule has 0 bridgehead atoms. The van der Waals surface area contributed by atoms with Crippen LogP contribution < -0.4 is 0 Å². The van der Waals surface area contributed by atoms with Gasteiger partial charge in [0.25, 0.3) is 5.91 Å². The molecule has 5 nitrogen and oxygen atoms in total. The van der Waals surface area contributed by atoms with Crippen LogP contribution in [0.25, 0.3) is 0 Å². The number of sulfonamides is 1. The van der Waals surface area contributed by atoms with Crippen LogP contribution >= 0.6 is 0 Å². The first-order chi connectivity index (χ1) is 13.5. The molecule has 1 aliphatic rings. The fourth-order valence-corrected chi connectivity index (χ4v) is 6.05. The van der Waals surface area contributed by atoms with Crippen LogP contribution in [0.3, 0.4) is 0 Å². The maximum atomic E-state index is 13.4. The second-order valence-electron chi connectivity index (χ2n) is 8.10. The fraction of sp³-hybridized carbons (Fsp3) is 0.435. The Morgan fingerprint density at radius 1 is 0.793 bits per heavy atom. The van der Waals surface area contributed by atoms with Crippen molar-refractivity contribution in [1.82, 2.24) is 9.21 Å². The summed E-state index contributed by atoms with van der Waals surface area (Å²) in [5.41, 5.74) is 6.34. The van der Waals surface area contributed by atoms with E-state index < -0.39 is 10.0 Å². The standard InChI is InChI=1S/C23H30N2O3S/c1-15-7-8-21(18(4)13-15)23(26)24-9-11-25(12-10-24)29(27,28)22-19(5)16(2)14-17(3)20(22)6/h7-8,13-14H,9-12H2,1-6H3. The van der Waals surface area contributed by atoms with Crippen LogP contribution in [-0.4, -0.2) is 49.7 Å². The highest BCUT2D eigenvalue weighted by Gasteiger charge is 2.33. The zero-order chi connectivity index (χ0) is 21.5. The summed E-state index contributed by atoms with van der Waals surface area (Å²) >= 11 is 0. The number of amides is 1. The number of benzene rings is 2. The second-order valence-corrected chi connectivity index (χ2v) is 9.98. The highest BCUT2D eigenvalue weighted by Crippen LogP contribution is 2.29. The minimum absolute atomic E-state index is 0.0293. The van der Waals surface area contributed by atoms with Gasteiger partial charge in [0.1, 0.15) is 0 Å². The lowest BCUT2D eigenvalue weighted by Crippen LogP contribution is -2.50. The molecule has 0 atom stereocenters. The van der Waals surface area contributed by atoms with E-state index >= 15 is 0 Å². The van der Waals surface area contributed by atoms with Crippen LogP contribution in [0.1, 0.15) is 43.7 Å². The van der Waals surface area contributed by atoms with Gasteiger partial charge in [-0.2, -0.15) is 4.31 Å². The van der Waals surface area contributed by atoms with Gasteiger partial charge in [-0.15, -0.1) is 0 Å². The van der Waals surface area contributed by atoms with E-state index in [-0.39, 0.29) is 5.91 Å². The summed E-state index contributed by atoms with van der Waals surface area (Å²) in [6.07, 6.45) is 0. The lowest BCUT2D eigenvalue weighted by atomic mass is 10.0. The molecule has 0 unspecified atom stereocenters. The topological polar surface area (TPSA) is 57.7 Å². The Morgan fingerprint density at radius 2 is 1.34 bits per heavy atom. The molecule has 2 aromatic rings. The van der Waals surface area contributed by atoms with Crippen molar-refractivity contribution in [1.29, 1.82) is 0 Å². The van der Waals surface area contributed by atoms with E-state index in [9.17, 15) is 13.2 Å². The molecule has 29 heavy (non-hydrogen) atoms. The molecule has 6 heteroatoms. The van der Waals surface area contributed by atoms with Crippen LogP contribution in [-0.2, 0) is 10.0 Å². The van der Waals surface area contributed by atoms with Gasteiger partial charge in [0.15, 0.2) is 0 Å². The van der Waals surface area contributed by atoms with Gasteiger partial charge in [-0.3, -0.25) is 4.79 Å². The summed E-state index contributed by atoms with van der Waals surface area (Å²) in [7, 11) is -3.60. The maximum absolute atomic E-state index is 13.4. The van der Waals surface area contributed by atoms with Crippen molar-refractivity contribution in [2.24, 2.45) is 0 Å². The summed E-state index contributed by atoms with van der Waals surface area (Å²) in [6.45, 7) is 13.0. The van der Waals surface area contributed by atoms with Gasteiger partial charge in [-0.1, -0.05) is 23.8 Å². The van der Waals surface area contributed by atoms with Crippen LogP contribution in [0.15, 0.2) is 29.2 Å². The molecule has 0 aromatic heterocycles. The lowest BCUT2D eigenvalue weighted by Gasteiger charge is -2.35. The van der Waals surface area contributed by atoms with Crippen LogP contribution in [0, 0.1) is 41.5 Å². The molecule has 2 aromatic carbocycles. The molecule has 0 radical (unpaired) electrons. The van der Waals surface area contributed by atoms with Gasteiger partial charge in [0.2, 0.25) is 10.0 Å². The average molecular weight is 415 g/mol. The Balaban J connectivity index is 1.81. The van der Waals surface area contributed by atoms with Crippen molar-refractivity contribution in [2.45, 2.75) is 46.4 Å². The molecule has 0 N–H and O–H groups in total. The van der Waals surface area contributed by atoms with E-state index in [2.05, 4.69) is 0 Å². The van der Waals surface area contributed by atoms with E-state index in [0.717, 1.165) is 33.4 Å². The monoisotopic (exact) mass is 414 g/mol. The molecule has 1 fully saturated rings. The first-order valence-corrected chi connectivity index (χ1v) is 11.4. The van der Waals surface area contributed by atoms with E-state index in [1.54, 1.807) is 4.90 Å². The lowest BCUT2D eigenvalue weighted by molar-refractivity contribution is 0.0697. The number of rotatable bonds is 3. The average Bonchev–Trinajstić information content (AvgIpc) is 2.66. The van der Waals surface area contributed by atoms with Crippen LogP contribution in [0.2, 0.25) is 0 Å². The predicted octanol–water partition coefficient (Wildman–Crippen LogP) is 3.68. The van der Waals surface area contributed by atoms with E-state index in [4.69, 9.17) is 0 Å². The van der Waals surface area contributed by atoms with Crippen molar-refractivity contribution in [3.8, 4) is 0 Å². The smallest absolute Gasteiger partial charge is 0.254 e. The first-order valence-electron chi connectivity index (χ1n) is 9.98. The molecule has 1 heterocycles. The van der Waals surface area contributed by atoms with Gasteiger partial charge in [0, 0.05) is 31.7 Å². The summed E-state index contributed by atoms with van der Waals surface area (Å²) in [5, 5.41) is 0. The summed E-state index contributed by atoms with van der Waals surface area (Å²) in [4.78, 5) is 15.1. The van der Waals surface area contributed by atoms with Crippen molar-refractivity contribution in [2.75, 3.05) is 26.2 Å². The Bertz CT molecular complexity index is 1040. The third kappa shape index (κ3) is 3.96. The Morgan fingerprint density at radius 3 is 1.86 bits per heavy atom. The number of piperazine rings is 1. The molecule has 3 rings (SSSR count). The molecule has 0 spiro atoms. The Kier molecular flexibility index (Phi) is 5.88. The molecule has 0 aliphatic carbocycles. The van der Waals surface area contributed by atoms with Crippen LogP contribution in [0.5, 0.6) is 0 Å². The number of aryl methyl sites for hydroxylation is 4. The third-order valence-corrected chi connectivity index (χ3v) is 8.21. The quantitative estimate of drug-likeness (QED) is 0.770. The number of carbonyl (C=O) groups is 1. The molecular weight excluding hydrogens is 384 g/mol. The summed E-state index contributed by atoms with van der Waals surface area (Å²) < 4.78 is 28.3. The predicted molar refractivity (Wildman–Crippen MR) is 116 cm³/mol. The molecule has 1 aliphatic heterocycles. The Hall–Kier alpha value is -2.18.